The molecule has 0 atom stereocenters. The van der Waals surface area contributed by atoms with Crippen LogP contribution >= 0.6 is 0 Å². The summed E-state index contributed by atoms with van der Waals surface area (Å²) < 4.78 is 8.15. The van der Waals surface area contributed by atoms with Crippen molar-refractivity contribution in [3.8, 4) is 0 Å². The van der Waals surface area contributed by atoms with Crippen LogP contribution in [0.5, 0.6) is 0 Å². The molecule has 0 spiro atoms. The third-order valence-corrected chi connectivity index (χ3v) is 0.802. The zero-order valence-corrected chi connectivity index (χ0v) is 6.54. The topological polar surface area (TPSA) is 93.7 Å². The molecule has 0 heterocycles. The zero-order valence-electron chi connectivity index (χ0n) is 6.54. The quantitative estimate of drug-likeness (QED) is 0.533. The van der Waals surface area contributed by atoms with Crippen molar-refractivity contribution >= 4 is 18.2 Å². The Hall–Kier alpha value is -1.79. The molecule has 4 amide bonds. The van der Waals surface area contributed by atoms with Gasteiger partial charge in [-0.25, -0.2) is 25.0 Å². The van der Waals surface area contributed by atoms with Crippen LogP contribution in [0.2, 0.25) is 0 Å². The van der Waals surface area contributed by atoms with Gasteiger partial charge in [-0.05, 0) is 0 Å². The number of carbonyl (C=O) groups is 3. The van der Waals surface area contributed by atoms with Gasteiger partial charge in [0.1, 0.15) is 0 Å². The Labute approximate surface area is 68.0 Å². The lowest BCUT2D eigenvalue weighted by atomic mass is 10.9. The van der Waals surface area contributed by atoms with Gasteiger partial charge in [0.15, 0.2) is 0 Å². The van der Waals surface area contributed by atoms with Crippen molar-refractivity contribution in [3.05, 3.63) is 0 Å². The van der Waals surface area contributed by atoms with Crippen molar-refractivity contribution < 1.29 is 23.9 Å². The lowest BCUT2D eigenvalue weighted by molar-refractivity contribution is 0.163. The summed E-state index contributed by atoms with van der Waals surface area (Å²) >= 11 is 0. The number of nitrogens with one attached hydrogen (secondary N) is 2. The van der Waals surface area contributed by atoms with E-state index in [-0.39, 0.29) is 0 Å². The number of urea groups is 1. The summed E-state index contributed by atoms with van der Waals surface area (Å²) in [6.45, 7) is 0. The molecule has 0 saturated heterocycles. The Bertz CT molecular complexity index is 182. The van der Waals surface area contributed by atoms with E-state index < -0.39 is 18.2 Å². The van der Waals surface area contributed by atoms with Gasteiger partial charge in [0.05, 0.1) is 14.2 Å². The number of methoxy groups -OCH3 is 2. The molecule has 7 heteroatoms. The second kappa shape index (κ2) is 4.94. The fourth-order valence-corrected chi connectivity index (χ4v) is 0.319. The smallest absolute Gasteiger partial charge is 0.415 e. The van der Waals surface area contributed by atoms with E-state index in [0.29, 0.717) is 0 Å². The minimum Gasteiger partial charge on any atom is -0.453 e. The van der Waals surface area contributed by atoms with Gasteiger partial charge in [-0.3, -0.25) is 0 Å². The first kappa shape index (κ1) is 10.2. The zero-order chi connectivity index (χ0) is 9.56. The fourth-order valence-electron chi connectivity index (χ4n) is 0.319. The number of carbonyl (C=O) groups excluding carboxylic acids is 3. The molecule has 12 heavy (non-hydrogen) atoms. The van der Waals surface area contributed by atoms with Gasteiger partial charge in [0.25, 0.3) is 0 Å². The van der Waals surface area contributed by atoms with Gasteiger partial charge in [-0.1, -0.05) is 0 Å². The number of ether oxygens (including phenoxy) is 2. The largest absolute Gasteiger partial charge is 0.453 e. The summed E-state index contributed by atoms with van der Waals surface area (Å²) in [5.74, 6) is 0. The predicted molar refractivity (Wildman–Crippen MR) is 36.5 cm³/mol. The van der Waals surface area contributed by atoms with Gasteiger partial charge in [-0.15, -0.1) is 0 Å². The van der Waals surface area contributed by atoms with Gasteiger partial charge in [0, 0.05) is 0 Å². The highest BCUT2D eigenvalue weighted by Gasteiger charge is 2.09. The summed E-state index contributed by atoms with van der Waals surface area (Å²) in [4.78, 5) is 31.2. The molecule has 0 bridgehead atoms. The second-order valence-corrected chi connectivity index (χ2v) is 1.56. The first-order chi connectivity index (χ1) is 5.60. The van der Waals surface area contributed by atoms with Crippen LogP contribution in [-0.2, 0) is 9.47 Å². The second-order valence-electron chi connectivity index (χ2n) is 1.56. The summed E-state index contributed by atoms with van der Waals surface area (Å²) in [6, 6.07) is -1.01. The third kappa shape index (κ3) is 4.09. The summed E-state index contributed by atoms with van der Waals surface area (Å²) in [6.07, 6.45) is -1.92. The molecule has 0 aliphatic carbocycles. The Morgan fingerprint density at radius 1 is 0.917 bits per heavy atom. The number of imide groups is 2. The van der Waals surface area contributed by atoms with E-state index in [9.17, 15) is 14.4 Å². The van der Waals surface area contributed by atoms with Crippen LogP contribution in [0.15, 0.2) is 0 Å². The maximum Gasteiger partial charge on any atom is 0.415 e. The highest BCUT2D eigenvalue weighted by atomic mass is 16.5. The molecule has 0 fully saturated rings. The number of amides is 4. The van der Waals surface area contributed by atoms with Crippen molar-refractivity contribution in [2.75, 3.05) is 14.2 Å². The van der Waals surface area contributed by atoms with Gasteiger partial charge in [0.2, 0.25) is 0 Å². The van der Waals surface area contributed by atoms with Crippen molar-refractivity contribution in [1.29, 1.82) is 0 Å². The Balaban J connectivity index is 3.74. The van der Waals surface area contributed by atoms with Crippen LogP contribution in [0, 0.1) is 0 Å². The Morgan fingerprint density at radius 3 is 1.50 bits per heavy atom. The van der Waals surface area contributed by atoms with E-state index in [1.807, 2.05) is 0 Å². The van der Waals surface area contributed by atoms with Crippen LogP contribution in [0.25, 0.3) is 0 Å². The van der Waals surface area contributed by atoms with Crippen LogP contribution in [0.1, 0.15) is 0 Å². The normalized spacial score (nSPS) is 8.17. The molecule has 0 radical (unpaired) electrons. The lowest BCUT2D eigenvalue weighted by Gasteiger charge is -2.02. The molecule has 68 valence electrons. The number of alkyl carbamates (subject to hydrolysis) is 2. The maximum absolute atomic E-state index is 10.6. The van der Waals surface area contributed by atoms with E-state index in [4.69, 9.17) is 0 Å². The first-order valence-corrected chi connectivity index (χ1v) is 2.84. The molecule has 0 rings (SSSR count). The molecular weight excluding hydrogens is 168 g/mol. The highest BCUT2D eigenvalue weighted by molar-refractivity contribution is 5.98. The monoisotopic (exact) mass is 176 g/mol. The van der Waals surface area contributed by atoms with E-state index in [2.05, 4.69) is 9.47 Å². The molecule has 0 unspecified atom stereocenters. The average Bonchev–Trinajstić information content (AvgIpc) is 2.03. The Morgan fingerprint density at radius 2 is 1.25 bits per heavy atom. The lowest BCUT2D eigenvalue weighted by Crippen LogP contribution is -2.42. The van der Waals surface area contributed by atoms with Crippen molar-refractivity contribution in [1.82, 2.24) is 10.6 Å². The number of rotatable bonds is 0. The molecule has 0 aromatic heterocycles. The van der Waals surface area contributed by atoms with Gasteiger partial charge in [-0.2, -0.15) is 0 Å². The van der Waals surface area contributed by atoms with Crippen molar-refractivity contribution in [3.63, 3.8) is 0 Å². The molecule has 7 nitrogen and oxygen atoms in total. The van der Waals surface area contributed by atoms with Gasteiger partial charge < -0.3 is 9.47 Å². The molecule has 0 aromatic carbocycles. The highest BCUT2D eigenvalue weighted by Crippen LogP contribution is 1.74. The van der Waals surface area contributed by atoms with E-state index in [1.165, 1.54) is 0 Å². The molecular formula is C5H8N2O5. The van der Waals surface area contributed by atoms with E-state index in [1.54, 1.807) is 10.6 Å². The standard InChI is InChI=1S/C5H8N2O5/c1-11-4(9)6-3(8)7-5(10)12-2/h1-2H3,(H2,6,7,8,9,10). The summed E-state index contributed by atoms with van der Waals surface area (Å²) in [5, 5.41) is 3.37. The maximum atomic E-state index is 10.6. The van der Waals surface area contributed by atoms with E-state index >= 15 is 0 Å². The number of hydrogen-bond donors (Lipinski definition) is 2. The van der Waals surface area contributed by atoms with Crippen LogP contribution in [-0.4, -0.2) is 32.4 Å². The van der Waals surface area contributed by atoms with Crippen molar-refractivity contribution in [2.24, 2.45) is 0 Å². The predicted octanol–water partition coefficient (Wildman–Crippen LogP) is -0.182. The minimum atomic E-state index is -1.01. The molecule has 0 aliphatic heterocycles. The molecule has 0 aromatic rings. The van der Waals surface area contributed by atoms with Crippen LogP contribution < -0.4 is 10.6 Å². The number of hydrogen-bond acceptors (Lipinski definition) is 5. The molecule has 0 aliphatic rings. The van der Waals surface area contributed by atoms with Crippen LogP contribution in [0.4, 0.5) is 14.4 Å². The Kier molecular flexibility index (Phi) is 4.20. The first-order valence-electron chi connectivity index (χ1n) is 2.84. The fraction of sp³-hybridized carbons (Fsp3) is 0.400. The third-order valence-electron chi connectivity index (χ3n) is 0.802. The summed E-state index contributed by atoms with van der Waals surface area (Å²) in [7, 11) is 2.17. The van der Waals surface area contributed by atoms with Crippen LogP contribution in [0.3, 0.4) is 0 Å². The molecule has 2 N–H and O–H groups in total. The SMILES string of the molecule is COC(=O)NC(=O)NC(=O)OC. The van der Waals surface area contributed by atoms with Gasteiger partial charge >= 0.3 is 18.2 Å². The van der Waals surface area contributed by atoms with Crippen molar-refractivity contribution in [2.45, 2.75) is 0 Å². The van der Waals surface area contributed by atoms with E-state index in [0.717, 1.165) is 14.2 Å². The minimum absolute atomic E-state index is 0.962. The average molecular weight is 176 g/mol. The summed E-state index contributed by atoms with van der Waals surface area (Å²) in [5.41, 5.74) is 0. The molecule has 0 saturated carbocycles.